The quantitative estimate of drug-likeness (QED) is 0.540. The third-order valence-corrected chi connectivity index (χ3v) is 2.83. The number of halogens is 1. The Morgan fingerprint density at radius 2 is 2.07 bits per heavy atom. The standard InChI is InChI=1S/C11H19ClN2O/c1-11(15)14-8-4-7-13(9-10-14)6-3-2-5-12/h2-3H,4-10H2,1H3. The number of allylic oxidation sites excluding steroid dienone is 1. The minimum atomic E-state index is 0.188. The summed E-state index contributed by atoms with van der Waals surface area (Å²) in [5.74, 6) is 0.765. The highest BCUT2D eigenvalue weighted by molar-refractivity contribution is 6.18. The summed E-state index contributed by atoms with van der Waals surface area (Å²) < 4.78 is 0. The fourth-order valence-electron chi connectivity index (χ4n) is 1.75. The van der Waals surface area contributed by atoms with Gasteiger partial charge in [0.2, 0.25) is 5.91 Å². The van der Waals surface area contributed by atoms with E-state index in [9.17, 15) is 4.79 Å². The highest BCUT2D eigenvalue weighted by atomic mass is 35.5. The second kappa shape index (κ2) is 6.85. The van der Waals surface area contributed by atoms with E-state index in [4.69, 9.17) is 11.6 Å². The zero-order valence-corrected chi connectivity index (χ0v) is 10.0. The molecule has 0 bridgehead atoms. The number of nitrogens with zero attached hydrogens (tertiary/aromatic N) is 2. The summed E-state index contributed by atoms with van der Waals surface area (Å²) >= 11 is 5.56. The second-order valence-corrected chi connectivity index (χ2v) is 4.09. The van der Waals surface area contributed by atoms with Crippen LogP contribution in [0.2, 0.25) is 0 Å². The predicted molar refractivity (Wildman–Crippen MR) is 63.2 cm³/mol. The summed E-state index contributed by atoms with van der Waals surface area (Å²) in [6.07, 6.45) is 5.12. The molecule has 1 aliphatic heterocycles. The van der Waals surface area contributed by atoms with Gasteiger partial charge in [-0.1, -0.05) is 12.2 Å². The first kappa shape index (κ1) is 12.5. The summed E-state index contributed by atoms with van der Waals surface area (Å²) in [4.78, 5) is 15.5. The first-order chi connectivity index (χ1) is 7.24. The van der Waals surface area contributed by atoms with Crippen LogP contribution in [0.4, 0.5) is 0 Å². The van der Waals surface area contributed by atoms with Gasteiger partial charge in [-0.05, 0) is 6.42 Å². The summed E-state index contributed by atoms with van der Waals surface area (Å²) in [7, 11) is 0. The van der Waals surface area contributed by atoms with E-state index >= 15 is 0 Å². The van der Waals surface area contributed by atoms with Crippen LogP contribution in [-0.4, -0.2) is 54.3 Å². The number of rotatable bonds is 3. The SMILES string of the molecule is CC(=O)N1CCCN(CC=CCCl)CC1. The van der Waals surface area contributed by atoms with Crippen LogP contribution in [0, 0.1) is 0 Å². The van der Waals surface area contributed by atoms with Crippen molar-refractivity contribution in [3.8, 4) is 0 Å². The van der Waals surface area contributed by atoms with Gasteiger partial charge in [0.05, 0.1) is 0 Å². The maximum atomic E-state index is 11.2. The van der Waals surface area contributed by atoms with Crippen molar-refractivity contribution in [1.29, 1.82) is 0 Å². The van der Waals surface area contributed by atoms with Crippen LogP contribution < -0.4 is 0 Å². The smallest absolute Gasteiger partial charge is 0.219 e. The van der Waals surface area contributed by atoms with Crippen LogP contribution >= 0.6 is 11.6 Å². The molecule has 1 saturated heterocycles. The molecule has 0 saturated carbocycles. The van der Waals surface area contributed by atoms with Gasteiger partial charge >= 0.3 is 0 Å². The molecule has 15 heavy (non-hydrogen) atoms. The van der Waals surface area contributed by atoms with Crippen molar-refractivity contribution < 1.29 is 4.79 Å². The zero-order chi connectivity index (χ0) is 11.1. The Balaban J connectivity index is 2.32. The summed E-state index contributed by atoms with van der Waals surface area (Å²) in [5.41, 5.74) is 0. The second-order valence-electron chi connectivity index (χ2n) is 3.79. The molecule has 1 aliphatic rings. The summed E-state index contributed by atoms with van der Waals surface area (Å²) in [5, 5.41) is 0. The van der Waals surface area contributed by atoms with Gasteiger partial charge in [-0.25, -0.2) is 0 Å². The molecule has 0 atom stereocenters. The number of amides is 1. The fraction of sp³-hybridized carbons (Fsp3) is 0.727. The topological polar surface area (TPSA) is 23.6 Å². The Hall–Kier alpha value is -0.540. The Kier molecular flexibility index (Phi) is 5.73. The molecular weight excluding hydrogens is 212 g/mol. The van der Waals surface area contributed by atoms with Gasteiger partial charge in [-0.2, -0.15) is 0 Å². The van der Waals surface area contributed by atoms with Crippen molar-refractivity contribution in [3.05, 3.63) is 12.2 Å². The molecule has 3 nitrogen and oxygen atoms in total. The lowest BCUT2D eigenvalue weighted by Gasteiger charge is -2.19. The van der Waals surface area contributed by atoms with Crippen molar-refractivity contribution in [2.75, 3.05) is 38.6 Å². The van der Waals surface area contributed by atoms with Crippen molar-refractivity contribution in [2.24, 2.45) is 0 Å². The van der Waals surface area contributed by atoms with Gasteiger partial charge in [0.1, 0.15) is 0 Å². The number of hydrogen-bond acceptors (Lipinski definition) is 2. The van der Waals surface area contributed by atoms with E-state index in [-0.39, 0.29) is 5.91 Å². The maximum Gasteiger partial charge on any atom is 0.219 e. The lowest BCUT2D eigenvalue weighted by molar-refractivity contribution is -0.128. The average Bonchev–Trinajstić information content (AvgIpc) is 2.44. The van der Waals surface area contributed by atoms with Crippen LogP contribution in [0.1, 0.15) is 13.3 Å². The minimum absolute atomic E-state index is 0.188. The number of carbonyl (C=O) groups excluding carboxylic acids is 1. The van der Waals surface area contributed by atoms with Crippen molar-refractivity contribution in [2.45, 2.75) is 13.3 Å². The molecule has 0 aromatic rings. The monoisotopic (exact) mass is 230 g/mol. The number of alkyl halides is 1. The third kappa shape index (κ3) is 4.67. The van der Waals surface area contributed by atoms with Crippen molar-refractivity contribution in [3.63, 3.8) is 0 Å². The Labute approximate surface area is 96.7 Å². The Bertz CT molecular complexity index is 231. The molecule has 0 spiro atoms. The Morgan fingerprint density at radius 3 is 2.73 bits per heavy atom. The van der Waals surface area contributed by atoms with Crippen LogP contribution in [0.15, 0.2) is 12.2 Å². The molecule has 0 radical (unpaired) electrons. The molecule has 4 heteroatoms. The van der Waals surface area contributed by atoms with Crippen LogP contribution in [-0.2, 0) is 4.79 Å². The van der Waals surface area contributed by atoms with Crippen LogP contribution in [0.3, 0.4) is 0 Å². The van der Waals surface area contributed by atoms with E-state index in [2.05, 4.69) is 11.0 Å². The van der Waals surface area contributed by atoms with E-state index in [1.807, 2.05) is 11.0 Å². The van der Waals surface area contributed by atoms with Gasteiger partial charge < -0.3 is 4.90 Å². The van der Waals surface area contributed by atoms with E-state index < -0.39 is 0 Å². The molecule has 1 amide bonds. The average molecular weight is 231 g/mol. The lowest BCUT2D eigenvalue weighted by Crippen LogP contribution is -2.33. The zero-order valence-electron chi connectivity index (χ0n) is 9.29. The molecule has 1 heterocycles. The number of carbonyl (C=O) groups is 1. The Morgan fingerprint density at radius 1 is 1.27 bits per heavy atom. The summed E-state index contributed by atoms with van der Waals surface area (Å²) in [6.45, 7) is 6.36. The molecule has 0 N–H and O–H groups in total. The van der Waals surface area contributed by atoms with Gasteiger partial charge in [-0.3, -0.25) is 9.69 Å². The normalized spacial score (nSPS) is 19.5. The van der Waals surface area contributed by atoms with E-state index in [0.717, 1.165) is 39.1 Å². The summed E-state index contributed by atoms with van der Waals surface area (Å²) in [6, 6.07) is 0. The van der Waals surface area contributed by atoms with Crippen molar-refractivity contribution in [1.82, 2.24) is 9.80 Å². The highest BCUT2D eigenvalue weighted by Gasteiger charge is 2.14. The van der Waals surface area contributed by atoms with Crippen LogP contribution in [0.5, 0.6) is 0 Å². The molecule has 1 fully saturated rings. The molecule has 0 unspecified atom stereocenters. The fourth-order valence-corrected chi connectivity index (χ4v) is 1.88. The van der Waals surface area contributed by atoms with Gasteiger partial charge in [0.15, 0.2) is 0 Å². The van der Waals surface area contributed by atoms with Crippen molar-refractivity contribution >= 4 is 17.5 Å². The van der Waals surface area contributed by atoms with Crippen LogP contribution in [0.25, 0.3) is 0 Å². The first-order valence-corrected chi connectivity index (χ1v) is 5.96. The minimum Gasteiger partial charge on any atom is -0.342 e. The molecule has 0 aromatic heterocycles. The van der Waals surface area contributed by atoms with E-state index in [0.29, 0.717) is 5.88 Å². The first-order valence-electron chi connectivity index (χ1n) is 5.43. The molecular formula is C11H19ClN2O. The maximum absolute atomic E-state index is 11.2. The highest BCUT2D eigenvalue weighted by Crippen LogP contribution is 2.03. The molecule has 0 aromatic carbocycles. The van der Waals surface area contributed by atoms with E-state index in [1.54, 1.807) is 6.92 Å². The van der Waals surface area contributed by atoms with Gasteiger partial charge in [0.25, 0.3) is 0 Å². The number of hydrogen-bond donors (Lipinski definition) is 0. The molecule has 1 rings (SSSR count). The lowest BCUT2D eigenvalue weighted by atomic mass is 10.3. The van der Waals surface area contributed by atoms with Gasteiger partial charge in [0, 0.05) is 45.5 Å². The largest absolute Gasteiger partial charge is 0.342 e. The van der Waals surface area contributed by atoms with E-state index in [1.165, 1.54) is 0 Å². The predicted octanol–water partition coefficient (Wildman–Crippen LogP) is 1.34. The molecule has 0 aliphatic carbocycles. The molecule has 86 valence electrons. The third-order valence-electron chi connectivity index (χ3n) is 2.65. The van der Waals surface area contributed by atoms with Gasteiger partial charge in [-0.15, -0.1) is 11.6 Å².